The van der Waals surface area contributed by atoms with Crippen LogP contribution in [0.25, 0.3) is 11.2 Å². The van der Waals surface area contributed by atoms with Gasteiger partial charge in [-0.25, -0.2) is 9.97 Å². The van der Waals surface area contributed by atoms with Crippen LogP contribution in [0, 0.1) is 0 Å². The van der Waals surface area contributed by atoms with Gasteiger partial charge in [-0.15, -0.1) is 11.6 Å². The molecular formula is C12H15BrClN3. The fourth-order valence-corrected chi connectivity index (χ4v) is 2.64. The maximum Gasteiger partial charge on any atom is 0.160 e. The first-order valence-electron chi connectivity index (χ1n) is 5.79. The number of rotatable bonds is 4. The zero-order chi connectivity index (χ0) is 12.4. The lowest BCUT2D eigenvalue weighted by Crippen LogP contribution is -2.10. The van der Waals surface area contributed by atoms with E-state index in [0.717, 1.165) is 34.3 Å². The molecule has 17 heavy (non-hydrogen) atoms. The highest BCUT2D eigenvalue weighted by Gasteiger charge is 2.17. The molecule has 0 amide bonds. The van der Waals surface area contributed by atoms with E-state index in [1.54, 1.807) is 6.20 Å². The fourth-order valence-electron chi connectivity index (χ4n) is 2.14. The number of hydrogen-bond acceptors (Lipinski definition) is 2. The summed E-state index contributed by atoms with van der Waals surface area (Å²) in [6.07, 6.45) is 3.92. The Bertz CT molecular complexity index is 520. The molecule has 0 aliphatic rings. The van der Waals surface area contributed by atoms with Gasteiger partial charge in [0.2, 0.25) is 0 Å². The highest BCUT2D eigenvalue weighted by atomic mass is 79.9. The molecule has 0 aliphatic heterocycles. The first-order valence-corrected chi connectivity index (χ1v) is 7.12. The molecule has 0 atom stereocenters. The molecule has 92 valence electrons. The number of pyridine rings is 1. The summed E-state index contributed by atoms with van der Waals surface area (Å²) in [6.45, 7) is 4.35. The average molecular weight is 317 g/mol. The highest BCUT2D eigenvalue weighted by molar-refractivity contribution is 9.10. The molecule has 0 spiro atoms. The number of halogens is 2. The van der Waals surface area contributed by atoms with E-state index < -0.39 is 0 Å². The Balaban J connectivity index is 2.65. The van der Waals surface area contributed by atoms with Crippen LogP contribution < -0.4 is 0 Å². The largest absolute Gasteiger partial charge is 0.309 e. The Morgan fingerprint density at radius 1 is 1.41 bits per heavy atom. The van der Waals surface area contributed by atoms with Crippen molar-refractivity contribution < 1.29 is 0 Å². The van der Waals surface area contributed by atoms with Gasteiger partial charge in [-0.1, -0.05) is 13.8 Å². The van der Waals surface area contributed by atoms with Crippen LogP contribution in [-0.4, -0.2) is 14.5 Å². The van der Waals surface area contributed by atoms with Gasteiger partial charge in [0, 0.05) is 16.7 Å². The average Bonchev–Trinajstić information content (AvgIpc) is 2.69. The second kappa shape index (κ2) is 5.36. The van der Waals surface area contributed by atoms with Crippen molar-refractivity contribution in [1.29, 1.82) is 0 Å². The van der Waals surface area contributed by atoms with E-state index in [1.165, 1.54) is 0 Å². The zero-order valence-corrected chi connectivity index (χ0v) is 12.3. The van der Waals surface area contributed by atoms with Crippen LogP contribution in [0.1, 0.15) is 38.6 Å². The lowest BCUT2D eigenvalue weighted by molar-refractivity contribution is 0.469. The molecule has 0 N–H and O–H groups in total. The van der Waals surface area contributed by atoms with Crippen molar-refractivity contribution in [2.45, 2.75) is 38.6 Å². The summed E-state index contributed by atoms with van der Waals surface area (Å²) in [5.41, 5.74) is 1.83. The molecule has 0 bridgehead atoms. The molecule has 0 unspecified atom stereocenters. The van der Waals surface area contributed by atoms with Gasteiger partial charge in [-0.3, -0.25) is 0 Å². The summed E-state index contributed by atoms with van der Waals surface area (Å²) in [5.74, 6) is 1.32. The minimum absolute atomic E-state index is 0.419. The van der Waals surface area contributed by atoms with Crippen LogP contribution in [0.3, 0.4) is 0 Å². The standard InChI is InChI=1S/C12H15BrClN3/c1-3-9(4-2)17-11(6-14)16-10-5-8(13)7-15-12(10)17/h5,7,9H,3-4,6H2,1-2H3. The van der Waals surface area contributed by atoms with Crippen molar-refractivity contribution in [3.63, 3.8) is 0 Å². The second-order valence-electron chi connectivity index (χ2n) is 4.00. The van der Waals surface area contributed by atoms with Crippen molar-refractivity contribution in [2.75, 3.05) is 0 Å². The lowest BCUT2D eigenvalue weighted by Gasteiger charge is -2.17. The Kier molecular flexibility index (Phi) is 4.05. The molecule has 0 aromatic carbocycles. The quantitative estimate of drug-likeness (QED) is 0.788. The van der Waals surface area contributed by atoms with E-state index in [9.17, 15) is 0 Å². The predicted octanol–water partition coefficient (Wildman–Crippen LogP) is 4.29. The predicted molar refractivity (Wildman–Crippen MR) is 74.4 cm³/mol. The molecule has 0 fully saturated rings. The molecular weight excluding hydrogens is 302 g/mol. The molecule has 2 rings (SSSR count). The van der Waals surface area contributed by atoms with Crippen molar-refractivity contribution in [3.8, 4) is 0 Å². The van der Waals surface area contributed by atoms with Crippen LogP contribution in [0.15, 0.2) is 16.7 Å². The van der Waals surface area contributed by atoms with Gasteiger partial charge in [-0.05, 0) is 34.8 Å². The van der Waals surface area contributed by atoms with Crippen molar-refractivity contribution in [1.82, 2.24) is 14.5 Å². The van der Waals surface area contributed by atoms with Gasteiger partial charge < -0.3 is 4.57 Å². The maximum absolute atomic E-state index is 5.98. The van der Waals surface area contributed by atoms with Crippen LogP contribution in [-0.2, 0) is 5.88 Å². The Labute approximate surface area is 114 Å². The summed E-state index contributed by atoms with van der Waals surface area (Å²) in [4.78, 5) is 9.01. The van der Waals surface area contributed by atoms with Crippen LogP contribution >= 0.6 is 27.5 Å². The smallest absolute Gasteiger partial charge is 0.160 e. The van der Waals surface area contributed by atoms with Crippen LogP contribution in [0.2, 0.25) is 0 Å². The third-order valence-corrected chi connectivity index (χ3v) is 3.67. The summed E-state index contributed by atoms with van der Waals surface area (Å²) >= 11 is 9.39. The number of nitrogens with zero attached hydrogens (tertiary/aromatic N) is 3. The first kappa shape index (κ1) is 12.8. The van der Waals surface area contributed by atoms with Crippen molar-refractivity contribution in [2.24, 2.45) is 0 Å². The number of hydrogen-bond donors (Lipinski definition) is 0. The van der Waals surface area contributed by atoms with E-state index in [2.05, 4.69) is 44.3 Å². The summed E-state index contributed by atoms with van der Waals surface area (Å²) < 4.78 is 3.12. The van der Waals surface area contributed by atoms with E-state index >= 15 is 0 Å². The molecule has 0 saturated heterocycles. The molecule has 2 aromatic rings. The van der Waals surface area contributed by atoms with Gasteiger partial charge in [-0.2, -0.15) is 0 Å². The van der Waals surface area contributed by atoms with Gasteiger partial charge in [0.1, 0.15) is 11.3 Å². The molecule has 2 heterocycles. The number of aromatic nitrogens is 3. The molecule has 0 aliphatic carbocycles. The summed E-state index contributed by atoms with van der Waals surface area (Å²) in [5, 5.41) is 0. The second-order valence-corrected chi connectivity index (χ2v) is 5.18. The van der Waals surface area contributed by atoms with Gasteiger partial charge in [0.15, 0.2) is 5.65 Å². The Morgan fingerprint density at radius 3 is 2.71 bits per heavy atom. The monoisotopic (exact) mass is 315 g/mol. The lowest BCUT2D eigenvalue weighted by atomic mass is 10.1. The third-order valence-electron chi connectivity index (χ3n) is 3.00. The van der Waals surface area contributed by atoms with Crippen LogP contribution in [0.4, 0.5) is 0 Å². The molecule has 5 heteroatoms. The minimum Gasteiger partial charge on any atom is -0.309 e. The minimum atomic E-state index is 0.419. The molecule has 2 aromatic heterocycles. The van der Waals surface area contributed by atoms with E-state index in [-0.39, 0.29) is 0 Å². The SMILES string of the molecule is CCC(CC)n1c(CCl)nc2cc(Br)cnc21. The Hall–Kier alpha value is -0.610. The van der Waals surface area contributed by atoms with Gasteiger partial charge in [0.25, 0.3) is 0 Å². The first-order chi connectivity index (χ1) is 8.21. The van der Waals surface area contributed by atoms with Gasteiger partial charge in [0.05, 0.1) is 5.88 Å². The molecule has 3 nitrogen and oxygen atoms in total. The number of alkyl halides is 1. The maximum atomic E-state index is 5.98. The molecule has 0 saturated carbocycles. The fraction of sp³-hybridized carbons (Fsp3) is 0.500. The van der Waals surface area contributed by atoms with Gasteiger partial charge >= 0.3 is 0 Å². The Morgan fingerprint density at radius 2 is 2.12 bits per heavy atom. The third kappa shape index (κ3) is 2.33. The van der Waals surface area contributed by atoms with E-state index in [1.807, 2.05) is 6.07 Å². The highest BCUT2D eigenvalue weighted by Crippen LogP contribution is 2.26. The normalized spacial score (nSPS) is 11.6. The number of fused-ring (bicyclic) bond motifs is 1. The molecule has 0 radical (unpaired) electrons. The zero-order valence-electron chi connectivity index (χ0n) is 9.95. The van der Waals surface area contributed by atoms with E-state index in [0.29, 0.717) is 11.9 Å². The topological polar surface area (TPSA) is 30.7 Å². The van der Waals surface area contributed by atoms with Crippen molar-refractivity contribution in [3.05, 3.63) is 22.6 Å². The van der Waals surface area contributed by atoms with E-state index in [4.69, 9.17) is 11.6 Å². The van der Waals surface area contributed by atoms with Crippen LogP contribution in [0.5, 0.6) is 0 Å². The number of imidazole rings is 1. The van der Waals surface area contributed by atoms with Crippen molar-refractivity contribution >= 4 is 38.7 Å². The summed E-state index contributed by atoms with van der Waals surface area (Å²) in [7, 11) is 0. The summed E-state index contributed by atoms with van der Waals surface area (Å²) in [6, 6.07) is 2.40.